The maximum Gasteiger partial charge on any atom is 0.191 e. The van der Waals surface area contributed by atoms with Gasteiger partial charge in [-0.3, -0.25) is 0 Å². The molecule has 98 valence electrons. The van der Waals surface area contributed by atoms with E-state index in [0.29, 0.717) is 5.04 Å². The van der Waals surface area contributed by atoms with Crippen molar-refractivity contribution in [2.75, 3.05) is 26.2 Å². The van der Waals surface area contributed by atoms with Crippen LogP contribution in [0.5, 0.6) is 0 Å². The second-order valence-corrected chi connectivity index (χ2v) is 10.7. The van der Waals surface area contributed by atoms with Crippen molar-refractivity contribution in [2.24, 2.45) is 5.73 Å². The highest BCUT2D eigenvalue weighted by molar-refractivity contribution is 6.74. The lowest BCUT2D eigenvalue weighted by atomic mass is 10.2. The molecule has 3 N–H and O–H groups in total. The van der Waals surface area contributed by atoms with Gasteiger partial charge in [0.15, 0.2) is 8.32 Å². The number of hydrogen-bond donors (Lipinski definition) is 2. The molecule has 0 radical (unpaired) electrons. The molecule has 0 amide bonds. The van der Waals surface area contributed by atoms with Crippen LogP contribution in [-0.2, 0) is 4.43 Å². The van der Waals surface area contributed by atoms with Gasteiger partial charge >= 0.3 is 0 Å². The molecule has 0 rings (SSSR count). The Labute approximate surface area is 102 Å². The van der Waals surface area contributed by atoms with Gasteiger partial charge in [-0.2, -0.15) is 0 Å². The summed E-state index contributed by atoms with van der Waals surface area (Å²) in [4.78, 5) is 0. The predicted molar refractivity (Wildman–Crippen MR) is 74.3 cm³/mol. The molecule has 0 bridgehead atoms. The fourth-order valence-electron chi connectivity index (χ4n) is 1.09. The molecule has 0 spiro atoms. The summed E-state index contributed by atoms with van der Waals surface area (Å²) >= 11 is 0. The zero-order chi connectivity index (χ0) is 12.7. The monoisotopic (exact) mass is 246 g/mol. The number of nitrogens with one attached hydrogen (secondary N) is 1. The van der Waals surface area contributed by atoms with E-state index in [4.69, 9.17) is 10.2 Å². The summed E-state index contributed by atoms with van der Waals surface area (Å²) < 4.78 is 6.07. The third-order valence-electron chi connectivity index (χ3n) is 3.32. The lowest BCUT2D eigenvalue weighted by molar-refractivity contribution is 0.280. The van der Waals surface area contributed by atoms with Crippen LogP contribution in [0.25, 0.3) is 0 Å². The zero-order valence-electron chi connectivity index (χ0n) is 11.7. The summed E-state index contributed by atoms with van der Waals surface area (Å²) in [6.45, 7) is 15.1. The summed E-state index contributed by atoms with van der Waals surface area (Å²) in [7, 11) is -1.53. The van der Waals surface area contributed by atoms with Gasteiger partial charge < -0.3 is 15.5 Å². The topological polar surface area (TPSA) is 47.3 Å². The van der Waals surface area contributed by atoms with Crippen LogP contribution in [0.15, 0.2) is 0 Å². The summed E-state index contributed by atoms with van der Waals surface area (Å²) in [6, 6.07) is 0. The molecule has 0 saturated carbocycles. The maximum absolute atomic E-state index is 6.07. The molecule has 0 atom stereocenters. The smallest absolute Gasteiger partial charge is 0.191 e. The van der Waals surface area contributed by atoms with E-state index in [1.807, 2.05) is 0 Å². The first-order valence-electron chi connectivity index (χ1n) is 6.36. The Morgan fingerprint density at radius 3 is 2.19 bits per heavy atom. The molecule has 0 aromatic heterocycles. The Balaban J connectivity index is 3.51. The van der Waals surface area contributed by atoms with Crippen molar-refractivity contribution in [3.05, 3.63) is 0 Å². The van der Waals surface area contributed by atoms with Gasteiger partial charge in [0.25, 0.3) is 0 Å². The Hall–Kier alpha value is 0.0969. The van der Waals surface area contributed by atoms with Crippen molar-refractivity contribution in [1.29, 1.82) is 0 Å². The van der Waals surface area contributed by atoms with Crippen LogP contribution in [0.3, 0.4) is 0 Å². The molecule has 16 heavy (non-hydrogen) atoms. The standard InChI is InChI=1S/C12H30N2OSi/c1-12(2,3)16(4,5)15-11-7-10-14-9-6-8-13/h14H,6-11,13H2,1-5H3. The molecular weight excluding hydrogens is 216 g/mol. The number of rotatable bonds is 8. The van der Waals surface area contributed by atoms with E-state index >= 15 is 0 Å². The van der Waals surface area contributed by atoms with E-state index in [-0.39, 0.29) is 0 Å². The van der Waals surface area contributed by atoms with Crippen molar-refractivity contribution in [1.82, 2.24) is 5.32 Å². The molecule has 0 aliphatic heterocycles. The first kappa shape index (κ1) is 16.1. The normalized spacial score (nSPS) is 13.1. The second-order valence-electron chi connectivity index (χ2n) is 5.85. The van der Waals surface area contributed by atoms with Crippen LogP contribution in [0, 0.1) is 0 Å². The molecule has 0 aliphatic carbocycles. The Morgan fingerprint density at radius 2 is 1.69 bits per heavy atom. The van der Waals surface area contributed by atoms with Crippen LogP contribution >= 0.6 is 0 Å². The number of nitrogens with two attached hydrogens (primary N) is 1. The van der Waals surface area contributed by atoms with Crippen LogP contribution in [0.2, 0.25) is 18.1 Å². The molecule has 0 aromatic carbocycles. The molecule has 0 saturated heterocycles. The van der Waals surface area contributed by atoms with E-state index in [0.717, 1.165) is 39.1 Å². The van der Waals surface area contributed by atoms with Crippen molar-refractivity contribution in [3.63, 3.8) is 0 Å². The third kappa shape index (κ3) is 6.63. The quantitative estimate of drug-likeness (QED) is 0.510. The Bertz CT molecular complexity index is 178. The Kier molecular flexibility index (Phi) is 7.47. The van der Waals surface area contributed by atoms with E-state index in [9.17, 15) is 0 Å². The predicted octanol–water partition coefficient (Wildman–Crippen LogP) is 2.34. The van der Waals surface area contributed by atoms with Gasteiger partial charge in [-0.1, -0.05) is 20.8 Å². The molecule has 0 aromatic rings. The molecule has 0 heterocycles. The van der Waals surface area contributed by atoms with Crippen molar-refractivity contribution in [2.45, 2.75) is 51.7 Å². The molecule has 0 fully saturated rings. The molecule has 0 aliphatic rings. The van der Waals surface area contributed by atoms with E-state index in [1.165, 1.54) is 0 Å². The van der Waals surface area contributed by atoms with Gasteiger partial charge in [0.2, 0.25) is 0 Å². The molecular formula is C12H30N2OSi. The highest BCUT2D eigenvalue weighted by atomic mass is 28.4. The van der Waals surface area contributed by atoms with Crippen molar-refractivity contribution >= 4 is 8.32 Å². The molecule has 4 heteroatoms. The first-order valence-corrected chi connectivity index (χ1v) is 9.27. The lowest BCUT2D eigenvalue weighted by Gasteiger charge is -2.36. The van der Waals surface area contributed by atoms with Crippen molar-refractivity contribution < 1.29 is 4.43 Å². The van der Waals surface area contributed by atoms with Crippen LogP contribution in [0.1, 0.15) is 33.6 Å². The van der Waals surface area contributed by atoms with Crippen molar-refractivity contribution in [3.8, 4) is 0 Å². The summed E-state index contributed by atoms with van der Waals surface area (Å²) in [6.07, 6.45) is 2.15. The van der Waals surface area contributed by atoms with Gasteiger partial charge in [0.05, 0.1) is 0 Å². The highest BCUT2D eigenvalue weighted by Crippen LogP contribution is 2.36. The number of hydrogen-bond acceptors (Lipinski definition) is 3. The lowest BCUT2D eigenvalue weighted by Crippen LogP contribution is -2.41. The fraction of sp³-hybridized carbons (Fsp3) is 1.00. The van der Waals surface area contributed by atoms with Gasteiger partial charge in [-0.15, -0.1) is 0 Å². The minimum Gasteiger partial charge on any atom is -0.417 e. The molecule has 3 nitrogen and oxygen atoms in total. The SMILES string of the molecule is CC(C)(C)[Si](C)(C)OCCCNCCCN. The van der Waals surface area contributed by atoms with Gasteiger partial charge in [-0.25, -0.2) is 0 Å². The third-order valence-corrected chi connectivity index (χ3v) is 7.86. The largest absolute Gasteiger partial charge is 0.417 e. The van der Waals surface area contributed by atoms with Gasteiger partial charge in [-0.05, 0) is 50.6 Å². The zero-order valence-corrected chi connectivity index (χ0v) is 12.7. The summed E-state index contributed by atoms with van der Waals surface area (Å²) in [5.74, 6) is 0. The van der Waals surface area contributed by atoms with Crippen LogP contribution in [0.4, 0.5) is 0 Å². The second kappa shape index (κ2) is 7.43. The van der Waals surface area contributed by atoms with Crippen LogP contribution in [-0.4, -0.2) is 34.6 Å². The van der Waals surface area contributed by atoms with Crippen LogP contribution < -0.4 is 11.1 Å². The summed E-state index contributed by atoms with van der Waals surface area (Å²) in [5.41, 5.74) is 5.42. The molecule has 0 unspecified atom stereocenters. The summed E-state index contributed by atoms with van der Waals surface area (Å²) in [5, 5.41) is 3.69. The van der Waals surface area contributed by atoms with Gasteiger partial charge in [0, 0.05) is 6.61 Å². The van der Waals surface area contributed by atoms with E-state index < -0.39 is 8.32 Å². The average molecular weight is 246 g/mol. The minimum atomic E-state index is -1.53. The minimum absolute atomic E-state index is 0.319. The average Bonchev–Trinajstić information content (AvgIpc) is 2.14. The fourth-order valence-corrected chi connectivity index (χ4v) is 2.18. The Morgan fingerprint density at radius 1 is 1.12 bits per heavy atom. The van der Waals surface area contributed by atoms with E-state index in [1.54, 1.807) is 0 Å². The van der Waals surface area contributed by atoms with Gasteiger partial charge in [0.1, 0.15) is 0 Å². The maximum atomic E-state index is 6.07. The highest BCUT2D eigenvalue weighted by Gasteiger charge is 2.36. The van der Waals surface area contributed by atoms with E-state index in [2.05, 4.69) is 39.2 Å². The first-order chi connectivity index (χ1) is 7.31.